The number of hydrogen-bond acceptors (Lipinski definition) is 6. The molecule has 2 heterocycles. The first kappa shape index (κ1) is 14.2. The van der Waals surface area contributed by atoms with E-state index in [0.29, 0.717) is 17.4 Å². The van der Waals surface area contributed by atoms with Gasteiger partial charge in [-0.1, -0.05) is 22.5 Å². The van der Waals surface area contributed by atoms with Crippen LogP contribution in [0.5, 0.6) is 5.75 Å². The zero-order valence-electron chi connectivity index (χ0n) is 12.9. The van der Waals surface area contributed by atoms with Gasteiger partial charge in [0.1, 0.15) is 5.75 Å². The quantitative estimate of drug-likeness (QED) is 0.735. The minimum absolute atomic E-state index is 0.417. The first-order chi connectivity index (χ1) is 10.5. The summed E-state index contributed by atoms with van der Waals surface area (Å²) in [7, 11) is 3.43. The van der Waals surface area contributed by atoms with E-state index in [1.165, 1.54) is 0 Å². The first-order valence-corrected chi connectivity index (χ1v) is 6.86. The minimum Gasteiger partial charge on any atom is -0.497 e. The van der Waals surface area contributed by atoms with Crippen LogP contribution < -0.4 is 4.74 Å². The highest BCUT2D eigenvalue weighted by Crippen LogP contribution is 2.32. The molecule has 0 atom stereocenters. The van der Waals surface area contributed by atoms with Crippen molar-refractivity contribution in [3.8, 4) is 17.3 Å². The normalized spacial score (nSPS) is 11.6. The number of aromatic nitrogens is 5. The van der Waals surface area contributed by atoms with Crippen molar-refractivity contribution in [1.82, 2.24) is 25.1 Å². The van der Waals surface area contributed by atoms with E-state index >= 15 is 0 Å². The summed E-state index contributed by atoms with van der Waals surface area (Å²) in [4.78, 5) is 4.46. The summed E-state index contributed by atoms with van der Waals surface area (Å²) in [5.41, 5.74) is 1.23. The molecule has 0 N–H and O–H groups in total. The molecule has 2 aromatic heterocycles. The van der Waals surface area contributed by atoms with Gasteiger partial charge in [0.2, 0.25) is 11.7 Å². The van der Waals surface area contributed by atoms with Gasteiger partial charge in [0.25, 0.3) is 0 Å². The molecule has 0 aliphatic rings. The van der Waals surface area contributed by atoms with Crippen molar-refractivity contribution in [2.45, 2.75) is 19.3 Å². The van der Waals surface area contributed by atoms with Crippen LogP contribution in [0.2, 0.25) is 0 Å². The van der Waals surface area contributed by atoms with Crippen LogP contribution in [0.4, 0.5) is 0 Å². The SMILES string of the molecule is COc1ccc(C(C)(C)c2nc(-c3cn(C)nn3)no2)cc1. The molecule has 7 nitrogen and oxygen atoms in total. The number of nitrogens with zero attached hydrogens (tertiary/aromatic N) is 5. The summed E-state index contributed by atoms with van der Waals surface area (Å²) in [6, 6.07) is 7.81. The van der Waals surface area contributed by atoms with E-state index in [4.69, 9.17) is 9.26 Å². The van der Waals surface area contributed by atoms with Crippen LogP contribution >= 0.6 is 0 Å². The van der Waals surface area contributed by atoms with Crippen molar-refractivity contribution in [3.05, 3.63) is 41.9 Å². The van der Waals surface area contributed by atoms with Crippen molar-refractivity contribution in [2.24, 2.45) is 7.05 Å². The summed E-state index contributed by atoms with van der Waals surface area (Å²) in [6.45, 7) is 4.06. The summed E-state index contributed by atoms with van der Waals surface area (Å²) in [5, 5.41) is 11.9. The van der Waals surface area contributed by atoms with E-state index in [0.717, 1.165) is 11.3 Å². The maximum absolute atomic E-state index is 5.43. The van der Waals surface area contributed by atoms with Gasteiger partial charge in [-0.25, -0.2) is 0 Å². The maximum atomic E-state index is 5.43. The van der Waals surface area contributed by atoms with E-state index in [2.05, 4.69) is 20.5 Å². The molecule has 0 saturated carbocycles. The molecule has 0 radical (unpaired) electrons. The number of benzene rings is 1. The maximum Gasteiger partial charge on any atom is 0.237 e. The third-order valence-electron chi connectivity index (χ3n) is 3.60. The predicted octanol–water partition coefficient (Wildman–Crippen LogP) is 2.20. The smallest absolute Gasteiger partial charge is 0.237 e. The molecule has 114 valence electrons. The lowest BCUT2D eigenvalue weighted by atomic mass is 9.84. The molecule has 1 aromatic carbocycles. The van der Waals surface area contributed by atoms with Gasteiger partial charge in [-0.05, 0) is 31.5 Å². The monoisotopic (exact) mass is 299 g/mol. The van der Waals surface area contributed by atoms with Crippen LogP contribution in [-0.4, -0.2) is 32.2 Å². The second-order valence-corrected chi connectivity index (χ2v) is 5.55. The zero-order chi connectivity index (χ0) is 15.7. The molecule has 0 unspecified atom stereocenters. The molecule has 0 fully saturated rings. The van der Waals surface area contributed by atoms with E-state index < -0.39 is 5.41 Å². The number of ether oxygens (including phenoxy) is 1. The Hall–Kier alpha value is -2.70. The Morgan fingerprint density at radius 3 is 2.50 bits per heavy atom. The average molecular weight is 299 g/mol. The Morgan fingerprint density at radius 1 is 1.18 bits per heavy atom. The molecule has 0 aliphatic carbocycles. The van der Waals surface area contributed by atoms with Gasteiger partial charge >= 0.3 is 0 Å². The Labute approximate surface area is 127 Å². The highest BCUT2D eigenvalue weighted by Gasteiger charge is 2.30. The van der Waals surface area contributed by atoms with Gasteiger partial charge < -0.3 is 9.26 Å². The number of rotatable bonds is 4. The van der Waals surface area contributed by atoms with Gasteiger partial charge in [0, 0.05) is 7.05 Å². The molecule has 0 amide bonds. The van der Waals surface area contributed by atoms with Crippen molar-refractivity contribution in [2.75, 3.05) is 7.11 Å². The largest absolute Gasteiger partial charge is 0.497 e. The molecule has 0 spiro atoms. The van der Waals surface area contributed by atoms with Crippen molar-refractivity contribution < 1.29 is 9.26 Å². The fourth-order valence-electron chi connectivity index (χ4n) is 2.16. The summed E-state index contributed by atoms with van der Waals surface area (Å²) >= 11 is 0. The number of methoxy groups -OCH3 is 1. The van der Waals surface area contributed by atoms with Gasteiger partial charge in [0.15, 0.2) is 5.69 Å². The Kier molecular flexibility index (Phi) is 3.40. The number of aryl methyl sites for hydroxylation is 1. The molecular weight excluding hydrogens is 282 g/mol. The Bertz CT molecular complexity index is 773. The van der Waals surface area contributed by atoms with Crippen LogP contribution in [0.25, 0.3) is 11.5 Å². The fraction of sp³-hybridized carbons (Fsp3) is 0.333. The molecule has 7 heteroatoms. The van der Waals surface area contributed by atoms with Gasteiger partial charge in [-0.2, -0.15) is 4.98 Å². The van der Waals surface area contributed by atoms with Gasteiger partial charge in [-0.15, -0.1) is 5.10 Å². The molecule has 3 rings (SSSR count). The summed E-state index contributed by atoms with van der Waals surface area (Å²) in [5.74, 6) is 1.77. The van der Waals surface area contributed by atoms with Crippen molar-refractivity contribution in [3.63, 3.8) is 0 Å². The first-order valence-electron chi connectivity index (χ1n) is 6.86. The fourth-order valence-corrected chi connectivity index (χ4v) is 2.16. The standard InChI is InChI=1S/C15H17N5O2/c1-15(2,10-5-7-11(21-4)8-6-10)14-16-13(18-22-14)12-9-20(3)19-17-12/h5-9H,1-4H3. The van der Waals surface area contributed by atoms with E-state index in [1.54, 1.807) is 25.0 Å². The number of hydrogen-bond donors (Lipinski definition) is 0. The van der Waals surface area contributed by atoms with Crippen LogP contribution in [0, 0.1) is 0 Å². The molecule has 0 bridgehead atoms. The van der Waals surface area contributed by atoms with Crippen LogP contribution in [0.15, 0.2) is 35.0 Å². The second kappa shape index (κ2) is 5.25. The van der Waals surface area contributed by atoms with Crippen LogP contribution in [-0.2, 0) is 12.5 Å². The van der Waals surface area contributed by atoms with Crippen LogP contribution in [0.3, 0.4) is 0 Å². The zero-order valence-corrected chi connectivity index (χ0v) is 12.9. The molecule has 3 aromatic rings. The Balaban J connectivity index is 1.93. The third kappa shape index (κ3) is 2.45. The molecule has 22 heavy (non-hydrogen) atoms. The summed E-state index contributed by atoms with van der Waals surface area (Å²) < 4.78 is 12.2. The second-order valence-electron chi connectivity index (χ2n) is 5.55. The lowest BCUT2D eigenvalue weighted by molar-refractivity contribution is 0.332. The lowest BCUT2D eigenvalue weighted by Crippen LogP contribution is -2.19. The Morgan fingerprint density at radius 2 is 1.91 bits per heavy atom. The third-order valence-corrected chi connectivity index (χ3v) is 3.60. The average Bonchev–Trinajstić information content (AvgIpc) is 3.16. The van der Waals surface area contributed by atoms with E-state index in [-0.39, 0.29) is 0 Å². The topological polar surface area (TPSA) is 78.9 Å². The van der Waals surface area contributed by atoms with E-state index in [1.807, 2.05) is 38.1 Å². The highest BCUT2D eigenvalue weighted by molar-refractivity contribution is 5.46. The van der Waals surface area contributed by atoms with Gasteiger partial charge in [-0.3, -0.25) is 4.68 Å². The lowest BCUT2D eigenvalue weighted by Gasteiger charge is -2.20. The highest BCUT2D eigenvalue weighted by atomic mass is 16.5. The minimum atomic E-state index is -0.417. The predicted molar refractivity (Wildman–Crippen MR) is 79.4 cm³/mol. The molecule has 0 aliphatic heterocycles. The summed E-state index contributed by atoms with van der Waals surface area (Å²) in [6.07, 6.45) is 1.75. The van der Waals surface area contributed by atoms with Crippen molar-refractivity contribution >= 4 is 0 Å². The van der Waals surface area contributed by atoms with E-state index in [9.17, 15) is 0 Å². The van der Waals surface area contributed by atoms with Crippen molar-refractivity contribution in [1.29, 1.82) is 0 Å². The van der Waals surface area contributed by atoms with Gasteiger partial charge in [0.05, 0.1) is 18.7 Å². The van der Waals surface area contributed by atoms with Crippen LogP contribution in [0.1, 0.15) is 25.3 Å². The molecular formula is C15H17N5O2. The molecule has 0 saturated heterocycles.